The van der Waals surface area contributed by atoms with E-state index in [1.54, 1.807) is 38.5 Å². The molecule has 0 N–H and O–H groups in total. The molecule has 0 unspecified atom stereocenters. The molecule has 0 rings (SSSR count). The van der Waals surface area contributed by atoms with E-state index in [-0.39, 0.29) is 26.2 Å². The van der Waals surface area contributed by atoms with Gasteiger partial charge in [0.2, 0.25) is 0 Å². The van der Waals surface area contributed by atoms with E-state index in [4.69, 9.17) is 0 Å². The fourth-order valence-electron chi connectivity index (χ4n) is 0.592. The van der Waals surface area contributed by atoms with Crippen molar-refractivity contribution < 1.29 is 26.2 Å². The van der Waals surface area contributed by atoms with Crippen molar-refractivity contribution >= 4 is 15.8 Å². The summed E-state index contributed by atoms with van der Waals surface area (Å²) < 4.78 is 0. The molecule has 0 aromatic heterocycles. The van der Waals surface area contributed by atoms with Crippen molar-refractivity contribution in [2.75, 3.05) is 39.0 Å². The van der Waals surface area contributed by atoms with E-state index in [0.29, 0.717) is 15.8 Å². The first-order valence-electron chi connectivity index (χ1n) is 5.89. The maximum atomic E-state index is 3.42. The van der Waals surface area contributed by atoms with Gasteiger partial charge >= 0.3 is 0 Å². The monoisotopic (exact) mass is 374 g/mol. The number of hydrogen-bond acceptors (Lipinski definition) is 0. The van der Waals surface area contributed by atoms with E-state index < -0.39 is 0 Å². The maximum absolute atomic E-state index is 3.42. The Hall–Kier alpha value is 1.74. The van der Waals surface area contributed by atoms with Crippen LogP contribution in [0.3, 0.4) is 0 Å². The van der Waals surface area contributed by atoms with Gasteiger partial charge in [-0.05, 0) is 105 Å². The van der Waals surface area contributed by atoms with Gasteiger partial charge in [-0.25, -0.2) is 0 Å². The van der Waals surface area contributed by atoms with Gasteiger partial charge in [0.05, 0.1) is 0 Å². The molecular weight excluding hydrogens is 345 g/mol. The van der Waals surface area contributed by atoms with Gasteiger partial charge in [0, 0.05) is 26.2 Å². The predicted octanol–water partition coefficient (Wildman–Crippen LogP) is 5.00. The molecule has 0 saturated heterocycles. The van der Waals surface area contributed by atoms with Crippen LogP contribution >= 0.6 is 15.8 Å². The molecule has 10 radical (unpaired) electrons. The smallest absolute Gasteiger partial charge is 0 e. The van der Waals surface area contributed by atoms with Crippen LogP contribution in [0.5, 0.6) is 0 Å². The Morgan fingerprint density at radius 2 is 0.842 bits per heavy atom. The number of rotatable bonds is 7. The summed E-state index contributed by atoms with van der Waals surface area (Å²) in [7, 11) is 0.766. The molecule has 0 amide bonds. The van der Waals surface area contributed by atoms with E-state index in [0.717, 1.165) is 0 Å². The molecule has 0 bridgehead atoms. The normalized spacial score (nSPS) is 9.16. The third-order valence-corrected chi connectivity index (χ3v) is 4.13. The molecule has 0 fully saturated rings. The van der Waals surface area contributed by atoms with Gasteiger partial charge in [0.15, 0.2) is 0 Å². The Balaban J connectivity index is -0.0000000906. The summed E-state index contributed by atoms with van der Waals surface area (Å²) in [6.45, 7) is 23.1. The van der Waals surface area contributed by atoms with Crippen molar-refractivity contribution in [3.8, 4) is 0 Å². The van der Waals surface area contributed by atoms with Gasteiger partial charge in [-0.2, -0.15) is 0 Å². The molecule has 0 aromatic rings. The maximum Gasteiger partial charge on any atom is 0 e. The van der Waals surface area contributed by atoms with Crippen LogP contribution < -0.4 is 0 Å². The molecule has 0 aliphatic heterocycles. The van der Waals surface area contributed by atoms with Gasteiger partial charge in [-0.1, -0.05) is 0 Å². The molecule has 0 aromatic carbocycles. The SMILES string of the molecule is CP(C)CCP(C)C.[CH2][CH][CH][CH][CH2].[CH2][CH][CH][CH][CH2].[Zr]. The Morgan fingerprint density at radius 1 is 0.632 bits per heavy atom. The average Bonchev–Trinajstić information content (AvgIpc) is 2.30. The summed E-state index contributed by atoms with van der Waals surface area (Å²) in [5.74, 6) is 0. The molecule has 0 aliphatic rings. The molecule has 0 heterocycles. The summed E-state index contributed by atoms with van der Waals surface area (Å²) in [5, 5.41) is 0. The Labute approximate surface area is 146 Å². The first-order chi connectivity index (χ1) is 8.45. The zero-order chi connectivity index (χ0) is 14.8. The predicted molar refractivity (Wildman–Crippen MR) is 94.5 cm³/mol. The zero-order valence-electron chi connectivity index (χ0n) is 13.1. The van der Waals surface area contributed by atoms with Gasteiger partial charge < -0.3 is 0 Å². The second kappa shape index (κ2) is 28.0. The zero-order valence-corrected chi connectivity index (χ0v) is 17.3. The number of unbranched alkanes of at least 4 members (excludes halogenated alkanes) is 4. The second-order valence-electron chi connectivity index (χ2n) is 3.93. The van der Waals surface area contributed by atoms with Gasteiger partial charge in [-0.15, -0.1) is 15.8 Å². The summed E-state index contributed by atoms with van der Waals surface area (Å²) >= 11 is 0. The van der Waals surface area contributed by atoms with E-state index >= 15 is 0 Å². The summed E-state index contributed by atoms with van der Waals surface area (Å²) in [6.07, 6.45) is 13.3. The van der Waals surface area contributed by atoms with Crippen LogP contribution in [0.1, 0.15) is 0 Å². The molecule has 3 heteroatoms. The van der Waals surface area contributed by atoms with E-state index in [9.17, 15) is 0 Å². The average molecular weight is 376 g/mol. The van der Waals surface area contributed by atoms with Gasteiger partial charge in [-0.3, -0.25) is 0 Å². The van der Waals surface area contributed by atoms with Crippen LogP contribution in [0, 0.1) is 66.2 Å². The third kappa shape index (κ3) is 53.9. The van der Waals surface area contributed by atoms with Gasteiger partial charge in [0.25, 0.3) is 0 Å². The summed E-state index contributed by atoms with van der Waals surface area (Å²) in [6, 6.07) is 0. The third-order valence-electron chi connectivity index (χ3n) is 1.54. The van der Waals surface area contributed by atoms with Crippen LogP contribution in [-0.2, 0) is 26.2 Å². The first kappa shape index (κ1) is 28.8. The number of hydrogen-bond donors (Lipinski definition) is 0. The Morgan fingerprint density at radius 3 is 0.895 bits per heavy atom. The minimum Gasteiger partial charge on any atom is -0.113 e. The summed E-state index contributed by atoms with van der Waals surface area (Å²) in [4.78, 5) is 0. The fraction of sp³-hybridized carbons (Fsp3) is 0.375. The molecule has 0 saturated carbocycles. The van der Waals surface area contributed by atoms with Crippen molar-refractivity contribution in [2.24, 2.45) is 0 Å². The van der Waals surface area contributed by atoms with E-state index in [2.05, 4.69) is 54.4 Å². The van der Waals surface area contributed by atoms with Crippen LogP contribution in [0.15, 0.2) is 0 Å². The second-order valence-corrected chi connectivity index (χ2v) is 9.15. The molecule has 0 aliphatic carbocycles. The standard InChI is InChI=1S/C6H16P2.2C5H7.Zr/c1-7(2)5-6-8(3)4;2*1-3-5-4-2;/h5-6H2,1-4H3;2*3-5H,1-2H2;. The van der Waals surface area contributed by atoms with E-state index in [1.807, 2.05) is 0 Å². The minimum absolute atomic E-state index is 0. The van der Waals surface area contributed by atoms with Gasteiger partial charge in [0.1, 0.15) is 0 Å². The first-order valence-corrected chi connectivity index (χ1v) is 10.7. The van der Waals surface area contributed by atoms with Crippen LogP contribution in [0.2, 0.25) is 0 Å². The minimum atomic E-state index is 0. The van der Waals surface area contributed by atoms with Crippen LogP contribution in [0.4, 0.5) is 0 Å². The van der Waals surface area contributed by atoms with Crippen molar-refractivity contribution in [3.63, 3.8) is 0 Å². The Bertz CT molecular complexity index is 99.3. The summed E-state index contributed by atoms with van der Waals surface area (Å²) in [5.41, 5.74) is 0. The largest absolute Gasteiger partial charge is 0.113 e. The topological polar surface area (TPSA) is 0 Å². The van der Waals surface area contributed by atoms with E-state index in [1.165, 1.54) is 12.3 Å². The fourth-order valence-corrected chi connectivity index (χ4v) is 3.79. The van der Waals surface area contributed by atoms with Crippen molar-refractivity contribution in [1.82, 2.24) is 0 Å². The molecule has 0 nitrogen and oxygen atoms in total. The molecule has 108 valence electrons. The molecule has 0 atom stereocenters. The molecular formula is C16H30P2Zr. The van der Waals surface area contributed by atoms with Crippen molar-refractivity contribution in [1.29, 1.82) is 0 Å². The van der Waals surface area contributed by atoms with Crippen LogP contribution in [-0.4, -0.2) is 39.0 Å². The van der Waals surface area contributed by atoms with Crippen molar-refractivity contribution in [3.05, 3.63) is 66.2 Å². The molecule has 0 spiro atoms. The molecule has 19 heavy (non-hydrogen) atoms. The Kier molecular flexibility index (Phi) is 42.5. The van der Waals surface area contributed by atoms with Crippen LogP contribution in [0.25, 0.3) is 0 Å². The quantitative estimate of drug-likeness (QED) is 0.549. The van der Waals surface area contributed by atoms with Crippen molar-refractivity contribution in [2.45, 2.75) is 0 Å².